The normalized spacial score (nSPS) is 17.5. The zero-order valence-electron chi connectivity index (χ0n) is 13.1. The molecule has 0 saturated carbocycles. The Balaban J connectivity index is 1.62. The summed E-state index contributed by atoms with van der Waals surface area (Å²) in [6.45, 7) is 4.00. The van der Waals surface area contributed by atoms with E-state index in [4.69, 9.17) is 0 Å². The third-order valence-corrected chi connectivity index (χ3v) is 4.32. The summed E-state index contributed by atoms with van der Waals surface area (Å²) < 4.78 is 0. The van der Waals surface area contributed by atoms with E-state index in [1.807, 2.05) is 37.3 Å². The third kappa shape index (κ3) is 3.54. The molecule has 5 heteroatoms. The second-order valence-corrected chi connectivity index (χ2v) is 5.97. The van der Waals surface area contributed by atoms with Gasteiger partial charge in [0.25, 0.3) is 0 Å². The topological polar surface area (TPSA) is 54.2 Å². The van der Waals surface area contributed by atoms with Gasteiger partial charge in [0.15, 0.2) is 0 Å². The standard InChI is InChI=1S/C17H24N4O/c1-14-16(10-11-17(22)20-12-6-3-7-13-20)19-21(18-14)15-8-4-2-5-9-15/h2,4-5,8-9,17,22H,3,6-7,10-13H2,1H3. The number of piperidine rings is 1. The summed E-state index contributed by atoms with van der Waals surface area (Å²) >= 11 is 0. The van der Waals surface area contributed by atoms with E-state index in [1.165, 1.54) is 19.3 Å². The Morgan fingerprint density at radius 1 is 1.09 bits per heavy atom. The molecule has 0 amide bonds. The minimum absolute atomic E-state index is 0.360. The monoisotopic (exact) mass is 300 g/mol. The number of hydrogen-bond acceptors (Lipinski definition) is 4. The molecule has 1 aromatic heterocycles. The number of likely N-dealkylation sites (tertiary alicyclic amines) is 1. The molecular weight excluding hydrogens is 276 g/mol. The van der Waals surface area contributed by atoms with Gasteiger partial charge in [0.05, 0.1) is 17.1 Å². The summed E-state index contributed by atoms with van der Waals surface area (Å²) in [4.78, 5) is 3.86. The number of aliphatic hydroxyl groups excluding tert-OH is 1. The van der Waals surface area contributed by atoms with Crippen molar-refractivity contribution in [3.63, 3.8) is 0 Å². The summed E-state index contributed by atoms with van der Waals surface area (Å²) in [5.41, 5.74) is 2.88. The molecular formula is C17H24N4O. The van der Waals surface area contributed by atoms with E-state index in [0.29, 0.717) is 6.42 Å². The fourth-order valence-corrected chi connectivity index (χ4v) is 2.98. The number of benzene rings is 1. The first-order chi connectivity index (χ1) is 10.7. The molecule has 1 aliphatic rings. The number of aryl methyl sites for hydroxylation is 2. The number of nitrogens with zero attached hydrogens (tertiary/aromatic N) is 4. The number of hydrogen-bond donors (Lipinski definition) is 1. The Morgan fingerprint density at radius 3 is 2.55 bits per heavy atom. The molecule has 2 heterocycles. The molecule has 1 saturated heterocycles. The Morgan fingerprint density at radius 2 is 1.82 bits per heavy atom. The van der Waals surface area contributed by atoms with Gasteiger partial charge in [-0.1, -0.05) is 24.6 Å². The van der Waals surface area contributed by atoms with Gasteiger partial charge in [0.2, 0.25) is 0 Å². The molecule has 118 valence electrons. The lowest BCUT2D eigenvalue weighted by molar-refractivity contribution is -0.0131. The first-order valence-corrected chi connectivity index (χ1v) is 8.14. The predicted octanol–water partition coefficient (Wildman–Crippen LogP) is 2.31. The molecule has 1 fully saturated rings. The van der Waals surface area contributed by atoms with E-state index >= 15 is 0 Å². The molecule has 22 heavy (non-hydrogen) atoms. The maximum absolute atomic E-state index is 10.3. The van der Waals surface area contributed by atoms with Gasteiger partial charge >= 0.3 is 0 Å². The van der Waals surface area contributed by atoms with Crippen molar-refractivity contribution < 1.29 is 5.11 Å². The Labute approximate surface area is 131 Å². The van der Waals surface area contributed by atoms with Crippen molar-refractivity contribution in [3.05, 3.63) is 41.7 Å². The van der Waals surface area contributed by atoms with E-state index < -0.39 is 0 Å². The maximum atomic E-state index is 10.3. The van der Waals surface area contributed by atoms with Gasteiger partial charge in [-0.2, -0.15) is 15.0 Å². The minimum atomic E-state index is -0.360. The lowest BCUT2D eigenvalue weighted by Gasteiger charge is -2.31. The fraction of sp³-hybridized carbons (Fsp3) is 0.529. The van der Waals surface area contributed by atoms with Crippen LogP contribution in [0.1, 0.15) is 37.1 Å². The summed E-state index contributed by atoms with van der Waals surface area (Å²) in [5, 5.41) is 19.4. The summed E-state index contributed by atoms with van der Waals surface area (Å²) in [5.74, 6) is 0. The summed E-state index contributed by atoms with van der Waals surface area (Å²) in [7, 11) is 0. The number of rotatable bonds is 5. The molecule has 1 N–H and O–H groups in total. The average Bonchev–Trinajstić information content (AvgIpc) is 2.95. The second-order valence-electron chi connectivity index (χ2n) is 5.97. The van der Waals surface area contributed by atoms with Crippen LogP contribution in [0.15, 0.2) is 30.3 Å². The predicted molar refractivity (Wildman–Crippen MR) is 85.8 cm³/mol. The van der Waals surface area contributed by atoms with E-state index in [-0.39, 0.29) is 6.23 Å². The van der Waals surface area contributed by atoms with Gasteiger partial charge < -0.3 is 5.11 Å². The summed E-state index contributed by atoms with van der Waals surface area (Å²) in [6.07, 6.45) is 4.79. The van der Waals surface area contributed by atoms with Gasteiger partial charge in [-0.25, -0.2) is 0 Å². The second kappa shape index (κ2) is 7.03. The Hall–Kier alpha value is -1.72. The van der Waals surface area contributed by atoms with Crippen LogP contribution in [-0.4, -0.2) is 44.3 Å². The van der Waals surface area contributed by atoms with Crippen molar-refractivity contribution in [2.24, 2.45) is 0 Å². The summed E-state index contributed by atoms with van der Waals surface area (Å²) in [6, 6.07) is 9.93. The zero-order chi connectivity index (χ0) is 15.4. The van der Waals surface area contributed by atoms with Crippen LogP contribution < -0.4 is 0 Å². The molecule has 5 nitrogen and oxygen atoms in total. The molecule has 2 aromatic rings. The molecule has 0 aliphatic carbocycles. The van der Waals surface area contributed by atoms with Gasteiger partial charge in [-0.3, -0.25) is 4.90 Å². The molecule has 3 rings (SSSR count). The quantitative estimate of drug-likeness (QED) is 0.920. The van der Waals surface area contributed by atoms with Gasteiger partial charge in [0, 0.05) is 13.1 Å². The third-order valence-electron chi connectivity index (χ3n) is 4.32. The van der Waals surface area contributed by atoms with Crippen LogP contribution in [0, 0.1) is 6.92 Å². The van der Waals surface area contributed by atoms with E-state index in [1.54, 1.807) is 4.80 Å². The zero-order valence-corrected chi connectivity index (χ0v) is 13.1. The van der Waals surface area contributed by atoms with Crippen molar-refractivity contribution >= 4 is 0 Å². The van der Waals surface area contributed by atoms with Crippen LogP contribution in [0.3, 0.4) is 0 Å². The molecule has 1 atom stereocenters. The lowest BCUT2D eigenvalue weighted by Crippen LogP contribution is -2.39. The van der Waals surface area contributed by atoms with Crippen LogP contribution in [-0.2, 0) is 6.42 Å². The highest BCUT2D eigenvalue weighted by Gasteiger charge is 2.19. The van der Waals surface area contributed by atoms with Crippen LogP contribution in [0.2, 0.25) is 0 Å². The molecule has 0 radical (unpaired) electrons. The van der Waals surface area contributed by atoms with Crippen LogP contribution in [0.4, 0.5) is 0 Å². The van der Waals surface area contributed by atoms with Crippen molar-refractivity contribution in [1.29, 1.82) is 0 Å². The fourth-order valence-electron chi connectivity index (χ4n) is 2.98. The first-order valence-electron chi connectivity index (χ1n) is 8.14. The number of aromatic nitrogens is 3. The molecule has 0 bridgehead atoms. The molecule has 1 aromatic carbocycles. The molecule has 0 spiro atoms. The van der Waals surface area contributed by atoms with E-state index in [9.17, 15) is 5.11 Å². The highest BCUT2D eigenvalue weighted by atomic mass is 16.3. The minimum Gasteiger partial charge on any atom is -0.378 e. The van der Waals surface area contributed by atoms with Gasteiger partial charge in [0.1, 0.15) is 6.23 Å². The first kappa shape index (κ1) is 15.2. The highest BCUT2D eigenvalue weighted by molar-refractivity contribution is 5.29. The van der Waals surface area contributed by atoms with Crippen LogP contribution >= 0.6 is 0 Å². The highest BCUT2D eigenvalue weighted by Crippen LogP contribution is 2.15. The van der Waals surface area contributed by atoms with Crippen LogP contribution in [0.25, 0.3) is 5.69 Å². The largest absolute Gasteiger partial charge is 0.378 e. The Bertz CT molecular complexity index is 590. The Kier molecular flexibility index (Phi) is 4.85. The van der Waals surface area contributed by atoms with Crippen molar-refractivity contribution in [2.45, 2.75) is 45.3 Å². The van der Waals surface area contributed by atoms with Crippen molar-refractivity contribution in [2.75, 3.05) is 13.1 Å². The number of para-hydroxylation sites is 1. The SMILES string of the molecule is Cc1nn(-c2ccccc2)nc1CCC(O)N1CCCCC1. The maximum Gasteiger partial charge on any atom is 0.107 e. The van der Waals surface area contributed by atoms with Gasteiger partial charge in [-0.05, 0) is 44.7 Å². The van der Waals surface area contributed by atoms with Crippen molar-refractivity contribution in [1.82, 2.24) is 19.9 Å². The molecule has 1 aliphatic heterocycles. The van der Waals surface area contributed by atoms with E-state index in [2.05, 4.69) is 15.1 Å². The van der Waals surface area contributed by atoms with E-state index in [0.717, 1.165) is 36.6 Å². The number of aliphatic hydroxyl groups is 1. The smallest absolute Gasteiger partial charge is 0.107 e. The van der Waals surface area contributed by atoms with Crippen LogP contribution in [0.5, 0.6) is 0 Å². The molecule has 1 unspecified atom stereocenters. The lowest BCUT2D eigenvalue weighted by atomic mass is 10.1. The average molecular weight is 300 g/mol. The van der Waals surface area contributed by atoms with Gasteiger partial charge in [-0.15, -0.1) is 0 Å². The van der Waals surface area contributed by atoms with Crippen molar-refractivity contribution in [3.8, 4) is 5.69 Å².